The average molecular weight is 415 g/mol. The van der Waals surface area contributed by atoms with Gasteiger partial charge in [-0.05, 0) is 17.9 Å². The fraction of sp³-hybridized carbons (Fsp3) is 0.632. The van der Waals surface area contributed by atoms with Gasteiger partial charge in [-0.3, -0.25) is 0 Å². The van der Waals surface area contributed by atoms with E-state index in [0.29, 0.717) is 32.7 Å². The summed E-state index contributed by atoms with van der Waals surface area (Å²) in [6.45, 7) is 2.33. The van der Waals surface area contributed by atoms with Crippen LogP contribution in [-0.4, -0.2) is 83.1 Å². The number of ether oxygens (including phenoxy) is 3. The van der Waals surface area contributed by atoms with E-state index in [1.807, 2.05) is 30.3 Å². The van der Waals surface area contributed by atoms with Gasteiger partial charge in [0.25, 0.3) is 0 Å². The molecule has 0 bridgehead atoms. The smallest absolute Gasteiger partial charge is 0.410 e. The third-order valence-electron chi connectivity index (χ3n) is 4.68. The number of likely N-dealkylation sites (tertiary alicyclic amines) is 1. The first-order valence-electron chi connectivity index (χ1n) is 9.37. The second-order valence-corrected chi connectivity index (χ2v) is 8.82. The molecule has 1 aliphatic heterocycles. The first kappa shape index (κ1) is 22.6. The van der Waals surface area contributed by atoms with Crippen molar-refractivity contribution in [3.05, 3.63) is 35.9 Å². The molecule has 1 aromatic rings. The lowest BCUT2D eigenvalue weighted by molar-refractivity contribution is 0.103. The number of hydrogen-bond acceptors (Lipinski definition) is 6. The molecule has 8 nitrogen and oxygen atoms in total. The standard InChI is InChI=1S/C19H30N2O6S/c1-25-12-10-21(11-13-26-2)28(23,24)16-18-8-9-20(14-18)19(22)27-15-17-6-4-3-5-7-17/h3-7,18H,8-16H2,1-2H3. The molecule has 1 fully saturated rings. The molecule has 0 N–H and O–H groups in total. The van der Waals surface area contributed by atoms with Crippen LogP contribution in [0.4, 0.5) is 4.79 Å². The van der Waals surface area contributed by atoms with Gasteiger partial charge in [0.05, 0.1) is 19.0 Å². The van der Waals surface area contributed by atoms with Crippen molar-refractivity contribution in [3.63, 3.8) is 0 Å². The minimum atomic E-state index is -3.46. The number of benzene rings is 1. The molecular formula is C19H30N2O6S. The van der Waals surface area contributed by atoms with Gasteiger partial charge < -0.3 is 19.1 Å². The molecule has 1 saturated heterocycles. The molecule has 28 heavy (non-hydrogen) atoms. The Kier molecular flexibility index (Phi) is 9.17. The first-order valence-corrected chi connectivity index (χ1v) is 11.0. The lowest BCUT2D eigenvalue weighted by Gasteiger charge is -2.23. The first-order chi connectivity index (χ1) is 13.5. The summed E-state index contributed by atoms with van der Waals surface area (Å²) in [5.41, 5.74) is 0.918. The molecule has 0 saturated carbocycles. The third kappa shape index (κ3) is 7.05. The monoisotopic (exact) mass is 414 g/mol. The van der Waals surface area contributed by atoms with Crippen molar-refractivity contribution in [1.82, 2.24) is 9.21 Å². The molecular weight excluding hydrogens is 384 g/mol. The summed E-state index contributed by atoms with van der Waals surface area (Å²) >= 11 is 0. The van der Waals surface area contributed by atoms with E-state index in [-0.39, 0.29) is 31.4 Å². The number of hydrogen-bond donors (Lipinski definition) is 0. The van der Waals surface area contributed by atoms with Crippen LogP contribution < -0.4 is 0 Å². The van der Waals surface area contributed by atoms with Gasteiger partial charge in [0.15, 0.2) is 0 Å². The average Bonchev–Trinajstić information content (AvgIpc) is 3.14. The van der Waals surface area contributed by atoms with E-state index in [1.54, 1.807) is 4.90 Å². The summed E-state index contributed by atoms with van der Waals surface area (Å²) in [4.78, 5) is 13.8. The van der Waals surface area contributed by atoms with Gasteiger partial charge in [-0.2, -0.15) is 4.31 Å². The molecule has 1 atom stereocenters. The quantitative estimate of drug-likeness (QED) is 0.546. The number of sulfonamides is 1. The molecule has 9 heteroatoms. The summed E-state index contributed by atoms with van der Waals surface area (Å²) in [6, 6.07) is 9.46. The molecule has 1 heterocycles. The zero-order chi connectivity index (χ0) is 20.4. The summed E-state index contributed by atoms with van der Waals surface area (Å²) in [6.07, 6.45) is 0.238. The number of amides is 1. The molecule has 2 rings (SSSR count). The van der Waals surface area contributed by atoms with Crippen molar-refractivity contribution in [1.29, 1.82) is 0 Å². The van der Waals surface area contributed by atoms with Gasteiger partial charge in [0.2, 0.25) is 10.0 Å². The van der Waals surface area contributed by atoms with Crippen LogP contribution in [0.2, 0.25) is 0 Å². The molecule has 0 spiro atoms. The van der Waals surface area contributed by atoms with Crippen molar-refractivity contribution in [2.24, 2.45) is 5.92 Å². The molecule has 1 unspecified atom stereocenters. The normalized spacial score (nSPS) is 17.2. The van der Waals surface area contributed by atoms with Crippen molar-refractivity contribution < 1.29 is 27.4 Å². The number of rotatable bonds is 11. The Labute approximate surface area is 167 Å². The van der Waals surface area contributed by atoms with Crippen LogP contribution in [0.1, 0.15) is 12.0 Å². The molecule has 158 valence electrons. The van der Waals surface area contributed by atoms with Gasteiger partial charge in [0.1, 0.15) is 6.61 Å². The highest BCUT2D eigenvalue weighted by Gasteiger charge is 2.33. The minimum Gasteiger partial charge on any atom is -0.445 e. The Hall–Kier alpha value is -1.68. The van der Waals surface area contributed by atoms with Crippen molar-refractivity contribution in [2.75, 3.05) is 59.4 Å². The lowest BCUT2D eigenvalue weighted by atomic mass is 10.2. The summed E-state index contributed by atoms with van der Waals surface area (Å²) in [5.74, 6) is -0.107. The summed E-state index contributed by atoms with van der Waals surface area (Å²) in [7, 11) is -0.383. The van der Waals surface area contributed by atoms with Crippen molar-refractivity contribution >= 4 is 16.1 Å². The maximum absolute atomic E-state index is 12.8. The molecule has 0 aromatic heterocycles. The Morgan fingerprint density at radius 2 is 1.79 bits per heavy atom. The highest BCUT2D eigenvalue weighted by atomic mass is 32.2. The number of carbonyl (C=O) groups excluding carboxylic acids is 1. The van der Waals surface area contributed by atoms with Crippen LogP contribution >= 0.6 is 0 Å². The Balaban J connectivity index is 1.84. The molecule has 0 aliphatic carbocycles. The van der Waals surface area contributed by atoms with Gasteiger partial charge in [-0.25, -0.2) is 13.2 Å². The van der Waals surface area contributed by atoms with Crippen molar-refractivity contribution in [2.45, 2.75) is 13.0 Å². The Morgan fingerprint density at radius 1 is 1.14 bits per heavy atom. The highest BCUT2D eigenvalue weighted by Crippen LogP contribution is 2.21. The number of carbonyl (C=O) groups is 1. The predicted octanol–water partition coefficient (Wildman–Crippen LogP) is 1.57. The Morgan fingerprint density at radius 3 is 2.39 bits per heavy atom. The summed E-state index contributed by atoms with van der Waals surface area (Å²) in [5, 5.41) is 0. The summed E-state index contributed by atoms with van der Waals surface area (Å²) < 4.78 is 42.3. The second kappa shape index (κ2) is 11.4. The van der Waals surface area contributed by atoms with E-state index in [0.717, 1.165) is 5.56 Å². The topological polar surface area (TPSA) is 85.4 Å². The van der Waals surface area contributed by atoms with E-state index >= 15 is 0 Å². The fourth-order valence-electron chi connectivity index (χ4n) is 3.12. The van der Waals surface area contributed by atoms with Crippen LogP contribution in [0.15, 0.2) is 30.3 Å². The van der Waals surface area contributed by atoms with Crippen LogP contribution in [0.25, 0.3) is 0 Å². The largest absolute Gasteiger partial charge is 0.445 e. The fourth-order valence-corrected chi connectivity index (χ4v) is 4.91. The highest BCUT2D eigenvalue weighted by molar-refractivity contribution is 7.89. The third-order valence-corrected chi connectivity index (χ3v) is 6.72. The molecule has 1 aliphatic rings. The SMILES string of the molecule is COCCN(CCOC)S(=O)(=O)CC1CCN(C(=O)OCc2ccccc2)C1. The van der Waals surface area contributed by atoms with Gasteiger partial charge in [-0.15, -0.1) is 0 Å². The Bertz CT molecular complexity index is 690. The van der Waals surface area contributed by atoms with E-state index in [4.69, 9.17) is 14.2 Å². The zero-order valence-corrected chi connectivity index (χ0v) is 17.4. The van der Waals surface area contributed by atoms with Crippen molar-refractivity contribution in [3.8, 4) is 0 Å². The van der Waals surface area contributed by atoms with E-state index in [9.17, 15) is 13.2 Å². The molecule has 1 amide bonds. The maximum Gasteiger partial charge on any atom is 0.410 e. The predicted molar refractivity (Wildman–Crippen MR) is 105 cm³/mol. The van der Waals surface area contributed by atoms with Crippen LogP contribution in [0.5, 0.6) is 0 Å². The maximum atomic E-state index is 12.8. The van der Waals surface area contributed by atoms with E-state index < -0.39 is 16.1 Å². The number of nitrogens with zero attached hydrogens (tertiary/aromatic N) is 2. The van der Waals surface area contributed by atoms with E-state index in [1.165, 1.54) is 18.5 Å². The van der Waals surface area contributed by atoms with Crippen LogP contribution in [0, 0.1) is 5.92 Å². The molecule has 1 aromatic carbocycles. The van der Waals surface area contributed by atoms with Crippen LogP contribution in [0.3, 0.4) is 0 Å². The van der Waals surface area contributed by atoms with Gasteiger partial charge in [-0.1, -0.05) is 30.3 Å². The zero-order valence-electron chi connectivity index (χ0n) is 16.6. The van der Waals surface area contributed by atoms with Gasteiger partial charge >= 0.3 is 6.09 Å². The second-order valence-electron chi connectivity index (χ2n) is 6.80. The lowest BCUT2D eigenvalue weighted by Crippen LogP contribution is -2.40. The minimum absolute atomic E-state index is 0.00287. The van der Waals surface area contributed by atoms with Gasteiger partial charge in [0, 0.05) is 40.4 Å². The van der Waals surface area contributed by atoms with E-state index in [2.05, 4.69) is 0 Å². The van der Waals surface area contributed by atoms with Crippen LogP contribution in [-0.2, 0) is 30.8 Å². The number of methoxy groups -OCH3 is 2. The molecule has 0 radical (unpaired) electrons.